The van der Waals surface area contributed by atoms with Crippen LogP contribution >= 0.6 is 0 Å². The van der Waals surface area contributed by atoms with Crippen LogP contribution in [0.1, 0.15) is 47.0 Å². The molecule has 1 N–H and O–H groups in total. The second kappa shape index (κ2) is 5.59. The molecule has 0 bridgehead atoms. The van der Waals surface area contributed by atoms with E-state index in [1.807, 2.05) is 0 Å². The first-order valence-corrected chi connectivity index (χ1v) is 6.47. The van der Waals surface area contributed by atoms with E-state index in [-0.39, 0.29) is 11.9 Å². The van der Waals surface area contributed by atoms with Gasteiger partial charge in [0.05, 0.1) is 0 Å². The van der Waals surface area contributed by atoms with Gasteiger partial charge in [-0.05, 0) is 47.0 Å². The summed E-state index contributed by atoms with van der Waals surface area (Å²) in [6.07, 6.45) is 2.77. The highest BCUT2D eigenvalue weighted by atomic mass is 16.6. The Kier molecular flexibility index (Phi) is 4.59. The van der Waals surface area contributed by atoms with E-state index < -0.39 is 17.7 Å². The summed E-state index contributed by atoms with van der Waals surface area (Å²) < 4.78 is 5.22. The van der Waals surface area contributed by atoms with Crippen LogP contribution in [0.5, 0.6) is 0 Å². The zero-order valence-corrected chi connectivity index (χ0v) is 11.9. The Morgan fingerprint density at radius 2 is 1.89 bits per heavy atom. The van der Waals surface area contributed by atoms with E-state index in [0.717, 1.165) is 12.8 Å². The molecule has 0 heterocycles. The van der Waals surface area contributed by atoms with Gasteiger partial charge in [-0.2, -0.15) is 0 Å². The molecule has 0 aromatic carbocycles. The highest BCUT2D eigenvalue weighted by Gasteiger charge is 2.29. The summed E-state index contributed by atoms with van der Waals surface area (Å²) in [6, 6.07) is -0.229. The third-order valence-electron chi connectivity index (χ3n) is 3.09. The van der Waals surface area contributed by atoms with Crippen molar-refractivity contribution in [1.29, 1.82) is 0 Å². The largest absolute Gasteiger partial charge is 0.444 e. The third-order valence-corrected chi connectivity index (χ3v) is 3.09. The highest BCUT2D eigenvalue weighted by molar-refractivity contribution is 5.85. The zero-order valence-electron chi connectivity index (χ0n) is 11.9. The van der Waals surface area contributed by atoms with Crippen LogP contribution in [-0.2, 0) is 9.53 Å². The molecule has 1 aliphatic carbocycles. The van der Waals surface area contributed by atoms with E-state index in [4.69, 9.17) is 4.74 Å². The summed E-state index contributed by atoms with van der Waals surface area (Å²) in [7, 11) is 1.58. The summed E-state index contributed by atoms with van der Waals surface area (Å²) in [5.41, 5.74) is -0.546. The van der Waals surface area contributed by atoms with Gasteiger partial charge in [-0.25, -0.2) is 4.79 Å². The van der Waals surface area contributed by atoms with Crippen LogP contribution in [0, 0.1) is 0 Å². The van der Waals surface area contributed by atoms with Gasteiger partial charge in [0, 0.05) is 13.1 Å². The molecule has 1 aliphatic rings. The van der Waals surface area contributed by atoms with Gasteiger partial charge in [0.25, 0.3) is 0 Å². The molecule has 1 fully saturated rings. The van der Waals surface area contributed by atoms with Gasteiger partial charge >= 0.3 is 6.09 Å². The van der Waals surface area contributed by atoms with E-state index in [2.05, 4.69) is 5.32 Å². The molecule has 5 nitrogen and oxygen atoms in total. The summed E-state index contributed by atoms with van der Waals surface area (Å²) in [4.78, 5) is 25.0. The van der Waals surface area contributed by atoms with Crippen molar-refractivity contribution >= 4 is 12.0 Å². The van der Waals surface area contributed by atoms with Crippen LogP contribution in [0.25, 0.3) is 0 Å². The first kappa shape index (κ1) is 14.8. The summed E-state index contributed by atoms with van der Waals surface area (Å²) in [6.45, 7) is 7.12. The molecule has 0 saturated heterocycles. The van der Waals surface area contributed by atoms with Gasteiger partial charge < -0.3 is 10.1 Å². The number of rotatable bonds is 3. The summed E-state index contributed by atoms with van der Waals surface area (Å²) in [5, 5.41) is 2.93. The molecule has 1 rings (SSSR count). The minimum Gasteiger partial charge on any atom is -0.444 e. The molecule has 0 aromatic rings. The van der Waals surface area contributed by atoms with Crippen LogP contribution in [0.4, 0.5) is 4.79 Å². The van der Waals surface area contributed by atoms with Crippen molar-refractivity contribution in [1.82, 2.24) is 10.2 Å². The number of carbonyl (C=O) groups is 2. The molecule has 1 atom stereocenters. The molecule has 2 amide bonds. The number of nitrogens with zero attached hydrogens (tertiary/aromatic N) is 1. The average molecular weight is 256 g/mol. The lowest BCUT2D eigenvalue weighted by molar-refractivity contribution is -0.126. The minimum atomic E-state index is -0.546. The quantitative estimate of drug-likeness (QED) is 0.839. The Morgan fingerprint density at radius 3 is 2.28 bits per heavy atom. The SMILES string of the molecule is C[C@@H](C(=O)NC1CCC1)N(C)C(=O)OC(C)(C)C. The second-order valence-corrected chi connectivity index (χ2v) is 5.90. The molecule has 0 radical (unpaired) electrons. The van der Waals surface area contributed by atoms with Crippen LogP contribution in [0.15, 0.2) is 0 Å². The number of hydrogen-bond acceptors (Lipinski definition) is 3. The third kappa shape index (κ3) is 4.20. The fourth-order valence-electron chi connectivity index (χ4n) is 1.54. The maximum atomic E-state index is 11.9. The smallest absolute Gasteiger partial charge is 0.410 e. The molecule has 18 heavy (non-hydrogen) atoms. The Hall–Kier alpha value is -1.26. The van der Waals surface area contributed by atoms with Gasteiger partial charge in [-0.3, -0.25) is 9.69 Å². The molecule has 104 valence electrons. The monoisotopic (exact) mass is 256 g/mol. The lowest BCUT2D eigenvalue weighted by atomic mass is 9.93. The van der Waals surface area contributed by atoms with E-state index in [9.17, 15) is 9.59 Å². The van der Waals surface area contributed by atoms with Gasteiger partial charge in [0.2, 0.25) is 5.91 Å². The van der Waals surface area contributed by atoms with Crippen molar-refractivity contribution in [3.8, 4) is 0 Å². The van der Waals surface area contributed by atoms with Crippen LogP contribution in [-0.4, -0.2) is 41.6 Å². The number of hydrogen-bond donors (Lipinski definition) is 1. The van der Waals surface area contributed by atoms with Crippen molar-refractivity contribution in [2.75, 3.05) is 7.05 Å². The van der Waals surface area contributed by atoms with Crippen LogP contribution < -0.4 is 5.32 Å². The average Bonchev–Trinajstić information content (AvgIpc) is 2.18. The van der Waals surface area contributed by atoms with Crippen molar-refractivity contribution in [2.24, 2.45) is 0 Å². The van der Waals surface area contributed by atoms with Gasteiger partial charge in [0.1, 0.15) is 11.6 Å². The first-order chi connectivity index (χ1) is 8.20. The Morgan fingerprint density at radius 1 is 1.33 bits per heavy atom. The normalized spacial score (nSPS) is 17.6. The predicted molar refractivity (Wildman–Crippen MR) is 69.2 cm³/mol. The molecule has 1 saturated carbocycles. The zero-order chi connectivity index (χ0) is 13.9. The van der Waals surface area contributed by atoms with Crippen molar-refractivity contribution in [3.05, 3.63) is 0 Å². The van der Waals surface area contributed by atoms with Gasteiger partial charge in [-0.1, -0.05) is 0 Å². The summed E-state index contributed by atoms with van der Waals surface area (Å²) in [5.74, 6) is -0.118. The van der Waals surface area contributed by atoms with Gasteiger partial charge in [0.15, 0.2) is 0 Å². The first-order valence-electron chi connectivity index (χ1n) is 6.47. The lowest BCUT2D eigenvalue weighted by Gasteiger charge is -2.31. The van der Waals surface area contributed by atoms with Crippen LogP contribution in [0.2, 0.25) is 0 Å². The standard InChI is InChI=1S/C13H24N2O3/c1-9(11(16)14-10-7-6-8-10)15(5)12(17)18-13(2,3)4/h9-10H,6-8H2,1-5H3,(H,14,16)/t9-/m0/s1. The van der Waals surface area contributed by atoms with E-state index in [0.29, 0.717) is 0 Å². The maximum absolute atomic E-state index is 11.9. The second-order valence-electron chi connectivity index (χ2n) is 5.90. The molecular formula is C13H24N2O3. The number of likely N-dealkylation sites (N-methyl/N-ethyl adjacent to an activating group) is 1. The van der Waals surface area contributed by atoms with E-state index in [1.165, 1.54) is 11.3 Å². The Labute approximate surface area is 109 Å². The number of amides is 2. The molecule has 0 aliphatic heterocycles. The number of ether oxygens (including phenoxy) is 1. The molecular weight excluding hydrogens is 232 g/mol. The minimum absolute atomic E-state index is 0.118. The lowest BCUT2D eigenvalue weighted by Crippen LogP contribution is -2.51. The number of carbonyl (C=O) groups excluding carboxylic acids is 2. The summed E-state index contributed by atoms with van der Waals surface area (Å²) >= 11 is 0. The molecule has 0 unspecified atom stereocenters. The maximum Gasteiger partial charge on any atom is 0.410 e. The molecule has 0 aromatic heterocycles. The molecule has 5 heteroatoms. The fraction of sp³-hybridized carbons (Fsp3) is 0.846. The number of nitrogens with one attached hydrogen (secondary N) is 1. The Bertz CT molecular complexity index is 319. The highest BCUT2D eigenvalue weighted by Crippen LogP contribution is 2.18. The van der Waals surface area contributed by atoms with Crippen LogP contribution in [0.3, 0.4) is 0 Å². The molecule has 0 spiro atoms. The van der Waals surface area contributed by atoms with Crippen molar-refractivity contribution < 1.29 is 14.3 Å². The van der Waals surface area contributed by atoms with E-state index >= 15 is 0 Å². The van der Waals surface area contributed by atoms with Crippen molar-refractivity contribution in [3.63, 3.8) is 0 Å². The van der Waals surface area contributed by atoms with Crippen molar-refractivity contribution in [2.45, 2.75) is 64.6 Å². The fourth-order valence-corrected chi connectivity index (χ4v) is 1.54. The van der Waals surface area contributed by atoms with E-state index in [1.54, 1.807) is 34.7 Å². The predicted octanol–water partition coefficient (Wildman–Crippen LogP) is 1.91. The topological polar surface area (TPSA) is 58.6 Å². The van der Waals surface area contributed by atoms with Gasteiger partial charge in [-0.15, -0.1) is 0 Å². The Balaban J connectivity index is 2.45.